The molecule has 1 aromatic carbocycles. The number of carboxylic acids is 1. The number of nitrogens with zero attached hydrogens (tertiary/aromatic N) is 4. The van der Waals surface area contributed by atoms with Crippen LogP contribution >= 0.6 is 0 Å². The molecule has 10 nitrogen and oxygen atoms in total. The molecule has 2 amide bonds. The Balaban J connectivity index is 2.71. The number of rotatable bonds is 3. The summed E-state index contributed by atoms with van der Waals surface area (Å²) < 4.78 is 0. The lowest BCUT2D eigenvalue weighted by molar-refractivity contribution is -0.384. The zero-order valence-corrected chi connectivity index (χ0v) is 13.8. The van der Waals surface area contributed by atoms with Crippen molar-refractivity contribution in [3.63, 3.8) is 0 Å². The summed E-state index contributed by atoms with van der Waals surface area (Å²) in [5.41, 5.74) is 5.84. The first-order valence-corrected chi connectivity index (χ1v) is 7.18. The Morgan fingerprint density at radius 2 is 2.04 bits per heavy atom. The van der Waals surface area contributed by atoms with Gasteiger partial charge in [-0.1, -0.05) is 12.1 Å². The van der Waals surface area contributed by atoms with Crippen molar-refractivity contribution in [3.05, 3.63) is 51.2 Å². The Morgan fingerprint density at radius 1 is 1.40 bits per heavy atom. The average Bonchev–Trinajstić information content (AvgIpc) is 2.53. The van der Waals surface area contributed by atoms with Crippen LogP contribution in [0.4, 0.5) is 10.5 Å². The summed E-state index contributed by atoms with van der Waals surface area (Å²) in [5.74, 6) is -1.47. The molecule has 1 heterocycles. The maximum absolute atomic E-state index is 12.5. The van der Waals surface area contributed by atoms with Gasteiger partial charge in [0.15, 0.2) is 0 Å². The lowest BCUT2D eigenvalue weighted by atomic mass is 9.94. The van der Waals surface area contributed by atoms with Crippen LogP contribution in [0.5, 0.6) is 0 Å². The average molecular weight is 347 g/mol. The van der Waals surface area contributed by atoms with Crippen molar-refractivity contribution in [1.29, 1.82) is 0 Å². The highest BCUT2D eigenvalue weighted by atomic mass is 16.6. The van der Waals surface area contributed by atoms with Crippen LogP contribution in [0.2, 0.25) is 0 Å². The summed E-state index contributed by atoms with van der Waals surface area (Å²) in [6.07, 6.45) is 0. The predicted molar refractivity (Wildman–Crippen MR) is 88.7 cm³/mol. The van der Waals surface area contributed by atoms with E-state index in [1.165, 1.54) is 50.2 Å². The number of nitro groups is 1. The largest absolute Gasteiger partial charge is 0.478 e. The second kappa shape index (κ2) is 6.59. The van der Waals surface area contributed by atoms with Crippen LogP contribution < -0.4 is 5.73 Å². The number of non-ortho nitro benzene ring substituents is 1. The van der Waals surface area contributed by atoms with Crippen LogP contribution in [-0.4, -0.2) is 51.9 Å². The molecule has 3 N–H and O–H groups in total. The van der Waals surface area contributed by atoms with Gasteiger partial charge in [0.1, 0.15) is 6.04 Å². The van der Waals surface area contributed by atoms with Gasteiger partial charge in [0.05, 0.1) is 16.2 Å². The van der Waals surface area contributed by atoms with Gasteiger partial charge in [0.25, 0.3) is 5.69 Å². The molecule has 0 saturated heterocycles. The Kier molecular flexibility index (Phi) is 4.72. The van der Waals surface area contributed by atoms with Crippen molar-refractivity contribution in [3.8, 4) is 0 Å². The van der Waals surface area contributed by atoms with Crippen molar-refractivity contribution in [2.24, 2.45) is 10.7 Å². The second-order valence-corrected chi connectivity index (χ2v) is 5.58. The molecule has 10 heteroatoms. The number of amides is 2. The molecule has 1 aliphatic rings. The number of hydrogen-bond acceptors (Lipinski definition) is 6. The predicted octanol–water partition coefficient (Wildman–Crippen LogP) is 1.31. The van der Waals surface area contributed by atoms with E-state index in [1.807, 2.05) is 0 Å². The molecular weight excluding hydrogens is 330 g/mol. The molecule has 0 bridgehead atoms. The molecule has 0 spiro atoms. The first-order chi connectivity index (χ1) is 11.6. The molecule has 0 aromatic heterocycles. The quantitative estimate of drug-likeness (QED) is 0.623. The molecule has 132 valence electrons. The van der Waals surface area contributed by atoms with Crippen molar-refractivity contribution in [2.45, 2.75) is 13.0 Å². The standard InChI is InChI=1S/C15H17N5O5/c1-8-11(13(21)22)12(9-5-4-6-10(7-9)20(24)25)19(14(16)17-8)15(23)18(2)3/h4-7,12H,1-3H3,(H2,16,17)(H,21,22). The summed E-state index contributed by atoms with van der Waals surface area (Å²) in [5, 5.41) is 20.6. The van der Waals surface area contributed by atoms with Gasteiger partial charge in [-0.15, -0.1) is 0 Å². The summed E-state index contributed by atoms with van der Waals surface area (Å²) in [6, 6.07) is 3.69. The number of nitrogens with two attached hydrogens (primary N) is 1. The maximum atomic E-state index is 12.5. The van der Waals surface area contributed by atoms with Gasteiger partial charge in [-0.05, 0) is 12.5 Å². The smallest absolute Gasteiger partial charge is 0.335 e. The van der Waals surface area contributed by atoms with Gasteiger partial charge in [-0.25, -0.2) is 14.6 Å². The van der Waals surface area contributed by atoms with Crippen molar-refractivity contribution in [1.82, 2.24) is 9.80 Å². The van der Waals surface area contributed by atoms with Gasteiger partial charge in [0.2, 0.25) is 5.96 Å². The minimum atomic E-state index is -1.29. The van der Waals surface area contributed by atoms with E-state index in [0.29, 0.717) is 0 Å². The molecule has 1 unspecified atom stereocenters. The third-order valence-corrected chi connectivity index (χ3v) is 3.67. The number of hydrogen-bond donors (Lipinski definition) is 2. The zero-order chi connectivity index (χ0) is 18.9. The SMILES string of the molecule is CC1=C(C(=O)O)C(c2cccc([N+](=O)[O-])c2)N(C(=O)N(C)C)C(N)=N1. The van der Waals surface area contributed by atoms with Gasteiger partial charge in [0, 0.05) is 26.2 Å². The van der Waals surface area contributed by atoms with Crippen molar-refractivity contribution < 1.29 is 19.6 Å². The number of guanidine groups is 1. The normalized spacial score (nSPS) is 17.2. The van der Waals surface area contributed by atoms with E-state index in [1.54, 1.807) is 0 Å². The number of urea groups is 1. The van der Waals surface area contributed by atoms with E-state index in [9.17, 15) is 24.8 Å². The summed E-state index contributed by atoms with van der Waals surface area (Å²) in [7, 11) is 2.96. The summed E-state index contributed by atoms with van der Waals surface area (Å²) in [4.78, 5) is 40.9. The Labute approximate surface area is 143 Å². The van der Waals surface area contributed by atoms with Crippen LogP contribution in [0, 0.1) is 10.1 Å². The molecule has 2 rings (SSSR count). The van der Waals surface area contributed by atoms with Crippen molar-refractivity contribution in [2.75, 3.05) is 14.1 Å². The lowest BCUT2D eigenvalue weighted by Gasteiger charge is -2.36. The van der Waals surface area contributed by atoms with Crippen LogP contribution in [0.1, 0.15) is 18.5 Å². The number of benzene rings is 1. The van der Waals surface area contributed by atoms with E-state index < -0.39 is 23.0 Å². The minimum Gasteiger partial charge on any atom is -0.478 e. The number of carbonyl (C=O) groups excluding carboxylic acids is 1. The Morgan fingerprint density at radius 3 is 2.56 bits per heavy atom. The first kappa shape index (κ1) is 17.9. The van der Waals surface area contributed by atoms with E-state index in [0.717, 1.165) is 4.90 Å². The fourth-order valence-electron chi connectivity index (χ4n) is 2.56. The number of carboxylic acid groups (broad SMARTS) is 1. The molecule has 0 saturated carbocycles. The van der Waals surface area contributed by atoms with Gasteiger partial charge >= 0.3 is 12.0 Å². The maximum Gasteiger partial charge on any atom is 0.335 e. The van der Waals surface area contributed by atoms with E-state index in [2.05, 4.69) is 4.99 Å². The van der Waals surface area contributed by atoms with Gasteiger partial charge < -0.3 is 15.7 Å². The Hall–Kier alpha value is -3.43. The fraction of sp³-hybridized carbons (Fsp3) is 0.267. The fourth-order valence-corrected chi connectivity index (χ4v) is 2.56. The van der Waals surface area contributed by atoms with Gasteiger partial charge in [-0.3, -0.25) is 15.0 Å². The second-order valence-electron chi connectivity index (χ2n) is 5.58. The monoisotopic (exact) mass is 347 g/mol. The minimum absolute atomic E-state index is 0.129. The topological polar surface area (TPSA) is 142 Å². The number of aliphatic carboxylic acids is 1. The third kappa shape index (κ3) is 3.27. The highest BCUT2D eigenvalue weighted by molar-refractivity contribution is 6.01. The molecule has 0 fully saturated rings. The summed E-state index contributed by atoms with van der Waals surface area (Å²) in [6.45, 7) is 1.46. The zero-order valence-electron chi connectivity index (χ0n) is 13.8. The van der Waals surface area contributed by atoms with Gasteiger partial charge in [-0.2, -0.15) is 0 Å². The molecule has 0 radical (unpaired) electrons. The molecular formula is C15H17N5O5. The lowest BCUT2D eigenvalue weighted by Crippen LogP contribution is -2.51. The van der Waals surface area contributed by atoms with Crippen LogP contribution in [0.15, 0.2) is 40.5 Å². The molecule has 1 atom stereocenters. The molecule has 25 heavy (non-hydrogen) atoms. The van der Waals surface area contributed by atoms with Crippen LogP contribution in [0.25, 0.3) is 0 Å². The van der Waals surface area contributed by atoms with E-state index in [-0.39, 0.29) is 28.5 Å². The highest BCUT2D eigenvalue weighted by Gasteiger charge is 2.39. The first-order valence-electron chi connectivity index (χ1n) is 7.18. The molecule has 1 aromatic rings. The summed E-state index contributed by atoms with van der Waals surface area (Å²) >= 11 is 0. The number of carbonyl (C=O) groups is 2. The van der Waals surface area contributed by atoms with E-state index >= 15 is 0 Å². The molecule has 1 aliphatic heterocycles. The van der Waals surface area contributed by atoms with Crippen LogP contribution in [-0.2, 0) is 4.79 Å². The number of aliphatic imine (C=N–C) groups is 1. The number of nitro benzene ring substituents is 1. The number of allylic oxidation sites excluding steroid dienone is 1. The van der Waals surface area contributed by atoms with Crippen molar-refractivity contribution >= 4 is 23.6 Å². The van der Waals surface area contributed by atoms with E-state index in [4.69, 9.17) is 5.73 Å². The Bertz CT molecular complexity index is 814. The third-order valence-electron chi connectivity index (χ3n) is 3.67. The highest BCUT2D eigenvalue weighted by Crippen LogP contribution is 2.36. The molecule has 0 aliphatic carbocycles. The van der Waals surface area contributed by atoms with Crippen LogP contribution in [0.3, 0.4) is 0 Å².